The Bertz CT molecular complexity index is 444. The van der Waals surface area contributed by atoms with Gasteiger partial charge in [0.2, 0.25) is 5.91 Å². The summed E-state index contributed by atoms with van der Waals surface area (Å²) >= 11 is 0. The molecular weight excluding hydrogens is 276 g/mol. The maximum Gasteiger partial charge on any atom is 0.227 e. The first-order valence-corrected chi connectivity index (χ1v) is 6.89. The van der Waals surface area contributed by atoms with E-state index in [9.17, 15) is 4.79 Å². The van der Waals surface area contributed by atoms with Crippen LogP contribution in [-0.2, 0) is 18.4 Å². The first-order chi connectivity index (χ1) is 8.91. The third-order valence-corrected chi connectivity index (χ3v) is 4.31. The molecule has 5 nitrogen and oxygen atoms in total. The normalized spacial score (nSPS) is 11.1. The smallest absolute Gasteiger partial charge is 0.227 e. The summed E-state index contributed by atoms with van der Waals surface area (Å²) in [7, 11) is 1.91. The van der Waals surface area contributed by atoms with Gasteiger partial charge in [0, 0.05) is 31.4 Å². The van der Waals surface area contributed by atoms with Gasteiger partial charge in [0.1, 0.15) is 0 Å². The molecule has 1 aromatic rings. The molecule has 0 aliphatic carbocycles. The standard InChI is InChI=1S/C14H26N4O.ClH/c1-6-14(7-2,9-15)13(19)16-8-12-10(3)17-18(5)11(12)4;/h6-9,15H2,1-5H3,(H,16,19);1H. The van der Waals surface area contributed by atoms with E-state index in [1.807, 2.05) is 39.4 Å². The van der Waals surface area contributed by atoms with Gasteiger partial charge in [0.05, 0.1) is 11.1 Å². The van der Waals surface area contributed by atoms with Crippen molar-refractivity contribution in [1.82, 2.24) is 15.1 Å². The second-order valence-corrected chi connectivity index (χ2v) is 5.15. The molecule has 116 valence electrons. The summed E-state index contributed by atoms with van der Waals surface area (Å²) in [5, 5.41) is 7.37. The summed E-state index contributed by atoms with van der Waals surface area (Å²) in [4.78, 5) is 12.3. The number of halogens is 1. The highest BCUT2D eigenvalue weighted by Gasteiger charge is 2.33. The molecule has 0 saturated heterocycles. The van der Waals surface area contributed by atoms with Crippen molar-refractivity contribution >= 4 is 18.3 Å². The molecule has 0 atom stereocenters. The van der Waals surface area contributed by atoms with Crippen molar-refractivity contribution in [3.63, 3.8) is 0 Å². The summed E-state index contributed by atoms with van der Waals surface area (Å²) < 4.78 is 1.84. The summed E-state index contributed by atoms with van der Waals surface area (Å²) in [6.45, 7) is 8.90. The predicted octanol–water partition coefficient (Wildman–Crippen LogP) is 1.84. The molecule has 0 saturated carbocycles. The number of nitrogens with one attached hydrogen (secondary N) is 1. The lowest BCUT2D eigenvalue weighted by Crippen LogP contribution is -2.45. The summed E-state index contributed by atoms with van der Waals surface area (Å²) in [6, 6.07) is 0. The van der Waals surface area contributed by atoms with E-state index in [2.05, 4.69) is 10.4 Å². The molecule has 0 radical (unpaired) electrons. The average Bonchev–Trinajstić information content (AvgIpc) is 2.64. The summed E-state index contributed by atoms with van der Waals surface area (Å²) in [5.74, 6) is 0.0441. The number of aryl methyl sites for hydroxylation is 2. The molecule has 20 heavy (non-hydrogen) atoms. The molecule has 1 heterocycles. The zero-order valence-corrected chi connectivity index (χ0v) is 13.9. The zero-order chi connectivity index (χ0) is 14.6. The molecule has 0 bridgehead atoms. The lowest BCUT2D eigenvalue weighted by molar-refractivity contribution is -0.131. The number of hydrogen-bond acceptors (Lipinski definition) is 3. The van der Waals surface area contributed by atoms with Gasteiger partial charge in [-0.2, -0.15) is 5.10 Å². The molecule has 3 N–H and O–H groups in total. The van der Waals surface area contributed by atoms with Gasteiger partial charge in [-0.3, -0.25) is 9.48 Å². The van der Waals surface area contributed by atoms with E-state index in [0.29, 0.717) is 13.1 Å². The Balaban J connectivity index is 0.00000361. The van der Waals surface area contributed by atoms with E-state index in [1.54, 1.807) is 0 Å². The van der Waals surface area contributed by atoms with Crippen LogP contribution in [0.4, 0.5) is 0 Å². The number of nitrogens with two attached hydrogens (primary N) is 1. The number of carbonyl (C=O) groups excluding carboxylic acids is 1. The predicted molar refractivity (Wildman–Crippen MR) is 83.8 cm³/mol. The Hall–Kier alpha value is -1.07. The van der Waals surface area contributed by atoms with Gasteiger partial charge in [-0.1, -0.05) is 13.8 Å². The van der Waals surface area contributed by atoms with Gasteiger partial charge in [0.15, 0.2) is 0 Å². The van der Waals surface area contributed by atoms with Crippen molar-refractivity contribution in [2.24, 2.45) is 18.2 Å². The first-order valence-electron chi connectivity index (χ1n) is 6.89. The highest BCUT2D eigenvalue weighted by atomic mass is 35.5. The van der Waals surface area contributed by atoms with E-state index in [0.717, 1.165) is 29.8 Å². The molecule has 0 aromatic carbocycles. The average molecular weight is 303 g/mol. The van der Waals surface area contributed by atoms with Gasteiger partial charge in [-0.05, 0) is 26.7 Å². The highest BCUT2D eigenvalue weighted by Crippen LogP contribution is 2.25. The van der Waals surface area contributed by atoms with E-state index < -0.39 is 5.41 Å². The minimum atomic E-state index is -0.440. The zero-order valence-electron chi connectivity index (χ0n) is 13.1. The fraction of sp³-hybridized carbons (Fsp3) is 0.714. The fourth-order valence-electron chi connectivity index (χ4n) is 2.38. The molecule has 1 rings (SSSR count). The second-order valence-electron chi connectivity index (χ2n) is 5.15. The van der Waals surface area contributed by atoms with E-state index >= 15 is 0 Å². The fourth-order valence-corrected chi connectivity index (χ4v) is 2.38. The van der Waals surface area contributed by atoms with Crippen LogP contribution >= 0.6 is 12.4 Å². The van der Waals surface area contributed by atoms with E-state index in [-0.39, 0.29) is 18.3 Å². The maximum atomic E-state index is 12.3. The third-order valence-electron chi connectivity index (χ3n) is 4.31. The lowest BCUT2D eigenvalue weighted by Gasteiger charge is -2.28. The van der Waals surface area contributed by atoms with Gasteiger partial charge in [0.25, 0.3) is 0 Å². The molecular formula is C14H27ClN4O. The van der Waals surface area contributed by atoms with Gasteiger partial charge < -0.3 is 11.1 Å². The molecule has 0 aliphatic rings. The maximum absolute atomic E-state index is 12.3. The minimum Gasteiger partial charge on any atom is -0.351 e. The molecule has 1 amide bonds. The molecule has 6 heteroatoms. The van der Waals surface area contributed by atoms with Crippen LogP contribution in [0.25, 0.3) is 0 Å². The highest BCUT2D eigenvalue weighted by molar-refractivity contribution is 5.85. The summed E-state index contributed by atoms with van der Waals surface area (Å²) in [6.07, 6.45) is 1.52. The van der Waals surface area contributed by atoms with Crippen LogP contribution in [0.5, 0.6) is 0 Å². The number of rotatable bonds is 6. The van der Waals surface area contributed by atoms with Crippen LogP contribution in [-0.4, -0.2) is 22.2 Å². The molecule has 0 spiro atoms. The first kappa shape index (κ1) is 18.9. The van der Waals surface area contributed by atoms with Crippen LogP contribution in [0.15, 0.2) is 0 Å². The monoisotopic (exact) mass is 302 g/mol. The number of hydrogen-bond donors (Lipinski definition) is 2. The Morgan fingerprint density at radius 1 is 1.35 bits per heavy atom. The van der Waals surface area contributed by atoms with Crippen molar-refractivity contribution in [3.05, 3.63) is 17.0 Å². The van der Waals surface area contributed by atoms with Crippen molar-refractivity contribution < 1.29 is 4.79 Å². The Morgan fingerprint density at radius 3 is 2.25 bits per heavy atom. The quantitative estimate of drug-likeness (QED) is 0.842. The molecule has 0 aliphatic heterocycles. The van der Waals surface area contributed by atoms with Crippen LogP contribution in [0.3, 0.4) is 0 Å². The SMILES string of the molecule is CCC(CC)(CN)C(=O)NCc1c(C)nn(C)c1C.Cl. The van der Waals surface area contributed by atoms with Crippen LogP contribution in [0.2, 0.25) is 0 Å². The van der Waals surface area contributed by atoms with E-state index in [1.165, 1.54) is 0 Å². The minimum absolute atomic E-state index is 0. The third kappa shape index (κ3) is 3.52. The van der Waals surface area contributed by atoms with Crippen molar-refractivity contribution in [2.75, 3.05) is 6.54 Å². The number of nitrogens with zero attached hydrogens (tertiary/aromatic N) is 2. The van der Waals surface area contributed by atoms with Gasteiger partial charge in [-0.15, -0.1) is 12.4 Å². The van der Waals surface area contributed by atoms with Crippen molar-refractivity contribution in [3.8, 4) is 0 Å². The van der Waals surface area contributed by atoms with Crippen LogP contribution in [0, 0.1) is 19.3 Å². The van der Waals surface area contributed by atoms with Crippen LogP contribution in [0.1, 0.15) is 43.6 Å². The Labute approximate surface area is 127 Å². The summed E-state index contributed by atoms with van der Waals surface area (Å²) in [5.41, 5.74) is 8.49. The lowest BCUT2D eigenvalue weighted by atomic mass is 9.81. The molecule has 1 aromatic heterocycles. The topological polar surface area (TPSA) is 72.9 Å². The van der Waals surface area contributed by atoms with E-state index in [4.69, 9.17) is 5.73 Å². The van der Waals surface area contributed by atoms with Crippen LogP contribution < -0.4 is 11.1 Å². The van der Waals surface area contributed by atoms with Crippen molar-refractivity contribution in [1.29, 1.82) is 0 Å². The number of carbonyl (C=O) groups is 1. The Kier molecular flexibility index (Phi) is 7.23. The number of amides is 1. The second kappa shape index (κ2) is 7.64. The van der Waals surface area contributed by atoms with Gasteiger partial charge >= 0.3 is 0 Å². The molecule has 0 unspecified atom stereocenters. The van der Waals surface area contributed by atoms with Crippen molar-refractivity contribution in [2.45, 2.75) is 47.1 Å². The largest absolute Gasteiger partial charge is 0.351 e. The van der Waals surface area contributed by atoms with Gasteiger partial charge in [-0.25, -0.2) is 0 Å². The Morgan fingerprint density at radius 2 is 1.90 bits per heavy atom. The molecule has 0 fully saturated rings. The number of aromatic nitrogens is 2.